The highest BCUT2D eigenvalue weighted by Crippen LogP contribution is 2.38. The van der Waals surface area contributed by atoms with Gasteiger partial charge in [0.15, 0.2) is 0 Å². The van der Waals surface area contributed by atoms with Crippen LogP contribution in [0.1, 0.15) is 43.4 Å². The molecule has 0 aliphatic carbocycles. The lowest BCUT2D eigenvalue weighted by Crippen LogP contribution is -2.51. The summed E-state index contributed by atoms with van der Waals surface area (Å²) in [6.07, 6.45) is 2.83. The minimum Gasteiger partial charge on any atom is -0.497 e. The normalized spacial score (nSPS) is 22.3. The molecule has 2 heterocycles. The number of hydrogen-bond acceptors (Lipinski definition) is 6. The molecule has 2 unspecified atom stereocenters. The number of ether oxygens (including phenoxy) is 2. The van der Waals surface area contributed by atoms with E-state index in [-0.39, 0.29) is 12.6 Å². The zero-order chi connectivity index (χ0) is 25.0. The van der Waals surface area contributed by atoms with Gasteiger partial charge in [0.2, 0.25) is 0 Å². The van der Waals surface area contributed by atoms with Crippen LogP contribution >= 0.6 is 0 Å². The van der Waals surface area contributed by atoms with Crippen molar-refractivity contribution in [1.82, 2.24) is 20.7 Å². The average Bonchev–Trinajstić information content (AvgIpc) is 3.41. The SMILES string of the molecule is COc1ccc(OC)c(C2CCCN2CC(=O)NN2C(=O)NC(C)(CCc3ccccc3)C2=O)c1. The maximum atomic E-state index is 13.1. The number of aryl methyl sites for hydroxylation is 1. The number of carbonyl (C=O) groups is 3. The number of benzene rings is 2. The van der Waals surface area contributed by atoms with Crippen molar-refractivity contribution in [3.63, 3.8) is 0 Å². The number of nitrogens with one attached hydrogen (secondary N) is 2. The Labute approximate surface area is 205 Å². The summed E-state index contributed by atoms with van der Waals surface area (Å²) in [6, 6.07) is 14.7. The fraction of sp³-hybridized carbons (Fsp3) is 0.423. The van der Waals surface area contributed by atoms with E-state index >= 15 is 0 Å². The zero-order valence-corrected chi connectivity index (χ0v) is 20.4. The van der Waals surface area contributed by atoms with E-state index in [0.717, 1.165) is 34.7 Å². The molecule has 2 saturated heterocycles. The number of urea groups is 1. The molecule has 4 amide bonds. The molecule has 0 saturated carbocycles. The van der Waals surface area contributed by atoms with Crippen LogP contribution in [0.3, 0.4) is 0 Å². The van der Waals surface area contributed by atoms with Crippen molar-refractivity contribution in [2.24, 2.45) is 0 Å². The van der Waals surface area contributed by atoms with E-state index < -0.39 is 23.4 Å². The number of methoxy groups -OCH3 is 2. The molecule has 35 heavy (non-hydrogen) atoms. The maximum absolute atomic E-state index is 13.1. The van der Waals surface area contributed by atoms with Crippen molar-refractivity contribution in [3.05, 3.63) is 59.7 Å². The first-order valence-corrected chi connectivity index (χ1v) is 11.8. The predicted octanol–water partition coefficient (Wildman–Crippen LogP) is 2.82. The minimum atomic E-state index is -1.08. The molecule has 9 heteroatoms. The van der Waals surface area contributed by atoms with Crippen molar-refractivity contribution >= 4 is 17.8 Å². The highest BCUT2D eigenvalue weighted by atomic mass is 16.5. The van der Waals surface area contributed by atoms with Crippen molar-refractivity contribution in [3.8, 4) is 11.5 Å². The van der Waals surface area contributed by atoms with Crippen molar-refractivity contribution < 1.29 is 23.9 Å². The largest absolute Gasteiger partial charge is 0.497 e. The molecule has 4 rings (SSSR count). The number of hydrogen-bond donors (Lipinski definition) is 2. The lowest BCUT2D eigenvalue weighted by Gasteiger charge is -2.27. The van der Waals surface area contributed by atoms with Gasteiger partial charge in [-0.2, -0.15) is 5.01 Å². The van der Waals surface area contributed by atoms with Crippen LogP contribution in [0.2, 0.25) is 0 Å². The zero-order valence-electron chi connectivity index (χ0n) is 20.4. The predicted molar refractivity (Wildman–Crippen MR) is 130 cm³/mol. The molecule has 186 valence electrons. The summed E-state index contributed by atoms with van der Waals surface area (Å²) in [7, 11) is 3.22. The van der Waals surface area contributed by atoms with E-state index in [4.69, 9.17) is 9.47 Å². The van der Waals surface area contributed by atoms with Gasteiger partial charge in [0.1, 0.15) is 17.0 Å². The Hall–Kier alpha value is -3.59. The maximum Gasteiger partial charge on any atom is 0.344 e. The number of rotatable bonds is 9. The number of hydrazine groups is 1. The minimum absolute atomic E-state index is 0.0370. The van der Waals surface area contributed by atoms with E-state index in [1.165, 1.54) is 0 Å². The first-order chi connectivity index (χ1) is 16.8. The lowest BCUT2D eigenvalue weighted by molar-refractivity contribution is -0.139. The summed E-state index contributed by atoms with van der Waals surface area (Å²) in [4.78, 5) is 40.6. The summed E-state index contributed by atoms with van der Waals surface area (Å²) in [5.74, 6) is 0.561. The van der Waals surface area contributed by atoms with Crippen LogP contribution in [0.25, 0.3) is 0 Å². The molecule has 0 spiro atoms. The standard InChI is InChI=1S/C26H32N4O5/c1-26(14-13-18-8-5-4-6-9-18)24(32)30(25(33)27-26)28-23(31)17-29-15-7-10-21(29)20-16-19(34-2)11-12-22(20)35-3/h4-6,8-9,11-12,16,21H,7,10,13-15,17H2,1-3H3,(H,27,33)(H,28,31). The van der Waals surface area contributed by atoms with Crippen LogP contribution in [-0.4, -0.2) is 60.6 Å². The first-order valence-electron chi connectivity index (χ1n) is 11.8. The van der Waals surface area contributed by atoms with E-state index in [1.54, 1.807) is 21.1 Å². The number of nitrogens with zero attached hydrogens (tertiary/aromatic N) is 2. The van der Waals surface area contributed by atoms with Gasteiger partial charge in [-0.05, 0) is 62.9 Å². The van der Waals surface area contributed by atoms with E-state index in [0.29, 0.717) is 25.1 Å². The lowest BCUT2D eigenvalue weighted by atomic mass is 9.93. The molecular weight excluding hydrogens is 448 g/mol. The quantitative estimate of drug-likeness (QED) is 0.536. The number of likely N-dealkylation sites (tertiary alicyclic amines) is 1. The second kappa shape index (κ2) is 10.4. The number of imide groups is 1. The van der Waals surface area contributed by atoms with Crippen molar-refractivity contribution in [2.75, 3.05) is 27.3 Å². The molecule has 0 aromatic heterocycles. The van der Waals surface area contributed by atoms with Crippen LogP contribution in [0.5, 0.6) is 11.5 Å². The number of amides is 4. The summed E-state index contributed by atoms with van der Waals surface area (Å²) in [5.41, 5.74) is 3.46. The van der Waals surface area contributed by atoms with Crippen LogP contribution in [-0.2, 0) is 16.0 Å². The molecule has 2 fully saturated rings. The third-order valence-corrected chi connectivity index (χ3v) is 6.76. The topological polar surface area (TPSA) is 100 Å². The smallest absolute Gasteiger partial charge is 0.344 e. The van der Waals surface area contributed by atoms with E-state index in [1.807, 2.05) is 53.4 Å². The average molecular weight is 481 g/mol. The molecule has 2 aromatic rings. The van der Waals surface area contributed by atoms with Gasteiger partial charge in [0.05, 0.1) is 20.8 Å². The Morgan fingerprint density at radius 3 is 2.63 bits per heavy atom. The Balaban J connectivity index is 1.40. The van der Waals surface area contributed by atoms with Gasteiger partial charge in [-0.15, -0.1) is 0 Å². The molecule has 2 aliphatic rings. The van der Waals surface area contributed by atoms with Gasteiger partial charge in [-0.25, -0.2) is 4.79 Å². The molecular formula is C26H32N4O5. The molecule has 2 aromatic carbocycles. The second-order valence-electron chi connectivity index (χ2n) is 9.16. The molecule has 0 bridgehead atoms. The Morgan fingerprint density at radius 2 is 1.91 bits per heavy atom. The van der Waals surface area contributed by atoms with Gasteiger partial charge in [-0.3, -0.25) is 19.9 Å². The van der Waals surface area contributed by atoms with Crippen LogP contribution in [0, 0.1) is 0 Å². The Morgan fingerprint density at radius 1 is 1.14 bits per heavy atom. The fourth-order valence-electron chi connectivity index (χ4n) is 4.81. The number of carbonyl (C=O) groups excluding carboxylic acids is 3. The van der Waals surface area contributed by atoms with Crippen molar-refractivity contribution in [1.29, 1.82) is 0 Å². The third-order valence-electron chi connectivity index (χ3n) is 6.76. The molecule has 2 N–H and O–H groups in total. The molecule has 2 atom stereocenters. The second-order valence-corrected chi connectivity index (χ2v) is 9.16. The monoisotopic (exact) mass is 480 g/mol. The van der Waals surface area contributed by atoms with E-state index in [9.17, 15) is 14.4 Å². The van der Waals surface area contributed by atoms with Crippen LogP contribution in [0.4, 0.5) is 4.79 Å². The van der Waals surface area contributed by atoms with Crippen LogP contribution in [0.15, 0.2) is 48.5 Å². The Bertz CT molecular complexity index is 1090. The molecule has 2 aliphatic heterocycles. The van der Waals surface area contributed by atoms with Gasteiger partial charge in [-0.1, -0.05) is 30.3 Å². The fourth-order valence-corrected chi connectivity index (χ4v) is 4.81. The van der Waals surface area contributed by atoms with Crippen molar-refractivity contribution in [2.45, 2.75) is 44.2 Å². The summed E-state index contributed by atoms with van der Waals surface area (Å²) in [5, 5.41) is 3.55. The highest BCUT2D eigenvalue weighted by molar-refractivity contribution is 6.07. The van der Waals surface area contributed by atoms with Gasteiger partial charge in [0.25, 0.3) is 11.8 Å². The third kappa shape index (κ3) is 5.24. The van der Waals surface area contributed by atoms with Gasteiger partial charge < -0.3 is 14.8 Å². The summed E-state index contributed by atoms with van der Waals surface area (Å²) in [6.45, 7) is 2.45. The molecule has 0 radical (unpaired) electrons. The Kier molecular flexibility index (Phi) is 7.25. The van der Waals surface area contributed by atoms with E-state index in [2.05, 4.69) is 10.7 Å². The van der Waals surface area contributed by atoms with Gasteiger partial charge in [0, 0.05) is 11.6 Å². The van der Waals surface area contributed by atoms with Gasteiger partial charge >= 0.3 is 6.03 Å². The summed E-state index contributed by atoms with van der Waals surface area (Å²) >= 11 is 0. The first kappa shape index (κ1) is 24.5. The highest BCUT2D eigenvalue weighted by Gasteiger charge is 2.48. The van der Waals surface area contributed by atoms with Crippen LogP contribution < -0.4 is 20.2 Å². The summed E-state index contributed by atoms with van der Waals surface area (Å²) < 4.78 is 10.9. The molecule has 9 nitrogen and oxygen atoms in total.